The van der Waals surface area contributed by atoms with Crippen LogP contribution in [-0.2, 0) is 0 Å². The molecule has 3 N–H and O–H groups in total. The smallest absolute Gasteiger partial charge is 0.0599 e. The molecule has 1 aliphatic heterocycles. The Kier molecular flexibility index (Phi) is 3.42. The molecule has 1 saturated heterocycles. The van der Waals surface area contributed by atoms with E-state index < -0.39 is 0 Å². The molecule has 1 heterocycles. The quantitative estimate of drug-likeness (QED) is 0.697. The molecular formula is C11H22N2O. The van der Waals surface area contributed by atoms with Crippen molar-refractivity contribution < 1.29 is 5.11 Å². The summed E-state index contributed by atoms with van der Waals surface area (Å²) in [6.45, 7) is 1.97. The second-order valence-electron chi connectivity index (χ2n) is 4.71. The first-order valence-electron chi connectivity index (χ1n) is 5.93. The van der Waals surface area contributed by atoms with Crippen LogP contribution >= 0.6 is 0 Å². The summed E-state index contributed by atoms with van der Waals surface area (Å²) in [7, 11) is 0. The van der Waals surface area contributed by atoms with Crippen LogP contribution in [-0.4, -0.2) is 41.8 Å². The van der Waals surface area contributed by atoms with Crippen LogP contribution in [0.5, 0.6) is 0 Å². The first-order chi connectivity index (χ1) is 6.86. The molecule has 0 aromatic rings. The second-order valence-corrected chi connectivity index (χ2v) is 4.71. The zero-order valence-electron chi connectivity index (χ0n) is 8.86. The first kappa shape index (κ1) is 10.4. The summed E-state index contributed by atoms with van der Waals surface area (Å²) >= 11 is 0. The summed E-state index contributed by atoms with van der Waals surface area (Å²) in [6, 6.07) is 0.938. The van der Waals surface area contributed by atoms with Crippen molar-refractivity contribution in [3.05, 3.63) is 0 Å². The number of nitrogens with zero attached hydrogens (tertiary/aromatic N) is 1. The molecule has 3 heteroatoms. The van der Waals surface area contributed by atoms with E-state index in [4.69, 9.17) is 5.73 Å². The maximum Gasteiger partial charge on any atom is 0.0599 e. The Bertz CT molecular complexity index is 182. The van der Waals surface area contributed by atoms with Crippen molar-refractivity contribution >= 4 is 0 Å². The van der Waals surface area contributed by atoms with Crippen LogP contribution < -0.4 is 5.73 Å². The third-order valence-corrected chi connectivity index (χ3v) is 4.00. The van der Waals surface area contributed by atoms with Gasteiger partial charge in [-0.25, -0.2) is 0 Å². The molecule has 0 amide bonds. The van der Waals surface area contributed by atoms with Crippen molar-refractivity contribution in [3.8, 4) is 0 Å². The molecule has 0 bridgehead atoms. The Morgan fingerprint density at radius 3 is 2.79 bits per heavy atom. The summed E-state index contributed by atoms with van der Waals surface area (Å²) < 4.78 is 0. The van der Waals surface area contributed by atoms with Crippen molar-refractivity contribution in [1.82, 2.24) is 4.90 Å². The minimum absolute atomic E-state index is 0.211. The minimum Gasteiger partial charge on any atom is -0.395 e. The summed E-state index contributed by atoms with van der Waals surface area (Å²) in [5.74, 6) is 0.893. The predicted octanol–water partition coefficient (Wildman–Crippen LogP) is 0.570. The van der Waals surface area contributed by atoms with Gasteiger partial charge < -0.3 is 10.8 Å². The van der Waals surface area contributed by atoms with Crippen molar-refractivity contribution in [2.24, 2.45) is 11.7 Å². The predicted molar refractivity (Wildman–Crippen MR) is 57.0 cm³/mol. The fourth-order valence-corrected chi connectivity index (χ4v) is 3.21. The van der Waals surface area contributed by atoms with Crippen LogP contribution in [0.1, 0.15) is 32.1 Å². The molecule has 14 heavy (non-hydrogen) atoms. The van der Waals surface area contributed by atoms with E-state index in [2.05, 4.69) is 4.90 Å². The molecule has 0 spiro atoms. The zero-order chi connectivity index (χ0) is 9.97. The summed E-state index contributed by atoms with van der Waals surface area (Å²) in [4.78, 5) is 2.46. The molecule has 2 aliphatic rings. The molecular weight excluding hydrogens is 176 g/mol. The SMILES string of the molecule is NCC(CO)N1CC[C@@H]2CCCC[C@@H]21. The maximum absolute atomic E-state index is 9.26. The summed E-state index contributed by atoms with van der Waals surface area (Å²) in [5.41, 5.74) is 5.68. The van der Waals surface area contributed by atoms with Crippen LogP contribution in [0.4, 0.5) is 0 Å². The number of hydrogen-bond donors (Lipinski definition) is 2. The standard InChI is InChI=1S/C11H22N2O/c12-7-10(8-14)13-6-5-9-3-1-2-4-11(9)13/h9-11,14H,1-8,12H2/t9-,10?,11-/m0/s1. The highest BCUT2D eigenvalue weighted by Gasteiger charge is 2.38. The molecule has 1 unspecified atom stereocenters. The van der Waals surface area contributed by atoms with E-state index in [1.165, 1.54) is 32.1 Å². The van der Waals surface area contributed by atoms with Gasteiger partial charge in [0.25, 0.3) is 0 Å². The number of hydrogen-bond acceptors (Lipinski definition) is 3. The summed E-state index contributed by atoms with van der Waals surface area (Å²) in [5, 5.41) is 9.26. The molecule has 1 saturated carbocycles. The van der Waals surface area contributed by atoms with Gasteiger partial charge in [-0.2, -0.15) is 0 Å². The lowest BCUT2D eigenvalue weighted by Gasteiger charge is -2.35. The third kappa shape index (κ3) is 1.81. The Morgan fingerprint density at radius 2 is 2.07 bits per heavy atom. The van der Waals surface area contributed by atoms with Gasteiger partial charge in [0.05, 0.1) is 6.61 Å². The highest BCUT2D eigenvalue weighted by Crippen LogP contribution is 2.36. The molecule has 2 rings (SSSR count). The van der Waals surface area contributed by atoms with Gasteiger partial charge in [-0.3, -0.25) is 4.90 Å². The van der Waals surface area contributed by atoms with Crippen LogP contribution in [0, 0.1) is 5.92 Å². The number of likely N-dealkylation sites (tertiary alicyclic amines) is 1. The minimum atomic E-state index is 0.211. The van der Waals surface area contributed by atoms with E-state index in [1.54, 1.807) is 0 Å². The van der Waals surface area contributed by atoms with Gasteiger partial charge in [-0.05, 0) is 31.7 Å². The van der Waals surface area contributed by atoms with E-state index in [0.717, 1.165) is 18.5 Å². The molecule has 82 valence electrons. The van der Waals surface area contributed by atoms with Crippen LogP contribution in [0.25, 0.3) is 0 Å². The van der Waals surface area contributed by atoms with E-state index in [9.17, 15) is 5.11 Å². The van der Waals surface area contributed by atoms with Crippen molar-refractivity contribution in [1.29, 1.82) is 0 Å². The van der Waals surface area contributed by atoms with Crippen molar-refractivity contribution in [2.45, 2.75) is 44.2 Å². The highest BCUT2D eigenvalue weighted by molar-refractivity contribution is 4.92. The lowest BCUT2D eigenvalue weighted by Crippen LogP contribution is -2.47. The van der Waals surface area contributed by atoms with Gasteiger partial charge in [0.2, 0.25) is 0 Å². The number of aliphatic hydroxyl groups is 1. The van der Waals surface area contributed by atoms with Gasteiger partial charge in [-0.15, -0.1) is 0 Å². The largest absolute Gasteiger partial charge is 0.395 e. The van der Waals surface area contributed by atoms with Crippen LogP contribution in [0.3, 0.4) is 0 Å². The monoisotopic (exact) mass is 198 g/mol. The number of aliphatic hydroxyl groups excluding tert-OH is 1. The van der Waals surface area contributed by atoms with Crippen LogP contribution in [0.15, 0.2) is 0 Å². The fraction of sp³-hybridized carbons (Fsp3) is 1.00. The molecule has 1 aliphatic carbocycles. The Morgan fingerprint density at radius 1 is 1.29 bits per heavy atom. The van der Waals surface area contributed by atoms with E-state index in [0.29, 0.717) is 6.54 Å². The molecule has 0 aromatic heterocycles. The van der Waals surface area contributed by atoms with E-state index in [1.807, 2.05) is 0 Å². The average molecular weight is 198 g/mol. The molecule has 0 aromatic carbocycles. The second kappa shape index (κ2) is 4.60. The topological polar surface area (TPSA) is 49.5 Å². The average Bonchev–Trinajstić information content (AvgIpc) is 2.65. The maximum atomic E-state index is 9.26. The zero-order valence-corrected chi connectivity index (χ0v) is 8.86. The normalized spacial score (nSPS) is 35.6. The Hall–Kier alpha value is -0.120. The molecule has 3 nitrogen and oxygen atoms in total. The first-order valence-corrected chi connectivity index (χ1v) is 5.93. The third-order valence-electron chi connectivity index (χ3n) is 4.00. The van der Waals surface area contributed by atoms with Gasteiger partial charge in [0.15, 0.2) is 0 Å². The Labute approximate surface area is 86.3 Å². The molecule has 2 fully saturated rings. The number of rotatable bonds is 3. The summed E-state index contributed by atoms with van der Waals surface area (Å²) in [6.07, 6.45) is 6.80. The lowest BCUT2D eigenvalue weighted by molar-refractivity contribution is 0.0909. The van der Waals surface area contributed by atoms with Crippen LogP contribution in [0.2, 0.25) is 0 Å². The van der Waals surface area contributed by atoms with Crippen molar-refractivity contribution in [2.75, 3.05) is 19.7 Å². The highest BCUT2D eigenvalue weighted by atomic mass is 16.3. The van der Waals surface area contributed by atoms with Gasteiger partial charge in [0.1, 0.15) is 0 Å². The van der Waals surface area contributed by atoms with E-state index >= 15 is 0 Å². The van der Waals surface area contributed by atoms with Gasteiger partial charge in [0, 0.05) is 18.6 Å². The lowest BCUT2D eigenvalue weighted by atomic mass is 9.85. The van der Waals surface area contributed by atoms with Crippen molar-refractivity contribution in [3.63, 3.8) is 0 Å². The number of fused-ring (bicyclic) bond motifs is 1. The Balaban J connectivity index is 1.99. The number of nitrogens with two attached hydrogens (primary N) is 1. The molecule has 3 atom stereocenters. The van der Waals surface area contributed by atoms with Gasteiger partial charge in [-0.1, -0.05) is 12.8 Å². The van der Waals surface area contributed by atoms with Gasteiger partial charge >= 0.3 is 0 Å². The van der Waals surface area contributed by atoms with E-state index in [-0.39, 0.29) is 12.6 Å². The fourth-order valence-electron chi connectivity index (χ4n) is 3.21. The molecule has 0 radical (unpaired) electrons.